The molecule has 1 aromatic rings. The molecule has 0 spiro atoms. The molecule has 26 heavy (non-hydrogen) atoms. The van der Waals surface area contributed by atoms with Crippen LogP contribution in [-0.2, 0) is 25.5 Å². The maximum absolute atomic E-state index is 12.1. The molecule has 1 saturated heterocycles. The highest BCUT2D eigenvalue weighted by Crippen LogP contribution is 2.27. The van der Waals surface area contributed by atoms with Crippen LogP contribution < -0.4 is 10.6 Å². The van der Waals surface area contributed by atoms with E-state index in [4.69, 9.17) is 9.47 Å². The fourth-order valence-corrected chi connectivity index (χ4v) is 3.43. The molecule has 2 atom stereocenters. The molecule has 0 aromatic heterocycles. The third kappa shape index (κ3) is 5.54. The van der Waals surface area contributed by atoms with Gasteiger partial charge in [0.1, 0.15) is 0 Å². The van der Waals surface area contributed by atoms with Gasteiger partial charge < -0.3 is 20.1 Å². The summed E-state index contributed by atoms with van der Waals surface area (Å²) in [6.07, 6.45) is 4.88. The van der Waals surface area contributed by atoms with E-state index < -0.39 is 0 Å². The molecular weight excluding hydrogens is 332 g/mol. The van der Waals surface area contributed by atoms with E-state index in [1.807, 2.05) is 24.3 Å². The number of para-hydroxylation sites is 1. The van der Waals surface area contributed by atoms with Crippen molar-refractivity contribution < 1.29 is 19.1 Å². The normalized spacial score (nSPS) is 21.9. The number of anilines is 1. The van der Waals surface area contributed by atoms with Crippen molar-refractivity contribution in [2.75, 3.05) is 31.7 Å². The van der Waals surface area contributed by atoms with Crippen LogP contribution in [-0.4, -0.2) is 44.3 Å². The predicted molar refractivity (Wildman–Crippen MR) is 98.9 cm³/mol. The summed E-state index contributed by atoms with van der Waals surface area (Å²) in [7, 11) is 0. The van der Waals surface area contributed by atoms with E-state index >= 15 is 0 Å². The van der Waals surface area contributed by atoms with Crippen LogP contribution in [0.15, 0.2) is 24.3 Å². The molecule has 3 rings (SSSR count). The topological polar surface area (TPSA) is 76.7 Å². The van der Waals surface area contributed by atoms with Crippen LogP contribution in [0.4, 0.5) is 5.69 Å². The number of fused-ring (bicyclic) bond motifs is 1. The number of benzene rings is 1. The molecule has 2 amide bonds. The number of rotatable bonds is 9. The van der Waals surface area contributed by atoms with Gasteiger partial charge >= 0.3 is 0 Å². The number of nitrogens with one attached hydrogen (secondary N) is 2. The maximum Gasteiger partial charge on any atom is 0.227 e. The van der Waals surface area contributed by atoms with E-state index in [1.165, 1.54) is 0 Å². The van der Waals surface area contributed by atoms with Crippen LogP contribution in [0.2, 0.25) is 0 Å². The van der Waals surface area contributed by atoms with Crippen molar-refractivity contribution >= 4 is 17.5 Å². The Bertz CT molecular complexity index is 614. The summed E-state index contributed by atoms with van der Waals surface area (Å²) in [5, 5.41) is 5.83. The lowest BCUT2D eigenvalue weighted by Gasteiger charge is -2.24. The standard InChI is InChI=1S/C20H28N2O4/c23-19(21-10-4-11-25-14-17-6-3-12-26-17)9-8-16-13-15-5-1-2-7-18(15)22-20(16)24/h1-2,5,7,16-17H,3-4,6,8-14H2,(H,21,23)(H,22,24). The van der Waals surface area contributed by atoms with E-state index in [-0.39, 0.29) is 23.8 Å². The predicted octanol–water partition coefficient (Wildman–Crippen LogP) is 2.28. The van der Waals surface area contributed by atoms with Crippen molar-refractivity contribution in [3.8, 4) is 0 Å². The van der Waals surface area contributed by atoms with Crippen LogP contribution in [0.3, 0.4) is 0 Å². The molecule has 2 unspecified atom stereocenters. The van der Waals surface area contributed by atoms with Crippen LogP contribution in [0, 0.1) is 5.92 Å². The zero-order chi connectivity index (χ0) is 18.2. The number of ether oxygens (including phenoxy) is 2. The minimum atomic E-state index is -0.134. The largest absolute Gasteiger partial charge is 0.379 e. The van der Waals surface area contributed by atoms with Crippen molar-refractivity contribution in [2.45, 2.75) is 44.6 Å². The molecule has 2 aliphatic rings. The van der Waals surface area contributed by atoms with Gasteiger partial charge in [-0.05, 0) is 43.7 Å². The lowest BCUT2D eigenvalue weighted by atomic mass is 9.89. The quantitative estimate of drug-likeness (QED) is 0.663. The van der Waals surface area contributed by atoms with Crippen LogP contribution >= 0.6 is 0 Å². The highest BCUT2D eigenvalue weighted by atomic mass is 16.5. The van der Waals surface area contributed by atoms with Gasteiger partial charge in [-0.1, -0.05) is 18.2 Å². The highest BCUT2D eigenvalue weighted by molar-refractivity contribution is 5.96. The van der Waals surface area contributed by atoms with Crippen molar-refractivity contribution in [1.82, 2.24) is 5.32 Å². The Morgan fingerprint density at radius 2 is 2.23 bits per heavy atom. The second-order valence-electron chi connectivity index (χ2n) is 7.00. The molecule has 1 fully saturated rings. The third-order valence-electron chi connectivity index (χ3n) is 4.95. The van der Waals surface area contributed by atoms with Crippen molar-refractivity contribution in [1.29, 1.82) is 0 Å². The monoisotopic (exact) mass is 360 g/mol. The first-order chi connectivity index (χ1) is 12.7. The summed E-state index contributed by atoms with van der Waals surface area (Å²) >= 11 is 0. The van der Waals surface area contributed by atoms with Crippen molar-refractivity contribution in [2.24, 2.45) is 5.92 Å². The summed E-state index contributed by atoms with van der Waals surface area (Å²) in [5.41, 5.74) is 2.03. The zero-order valence-corrected chi connectivity index (χ0v) is 15.2. The molecule has 2 N–H and O–H groups in total. The second kappa shape index (κ2) is 9.69. The fourth-order valence-electron chi connectivity index (χ4n) is 3.43. The molecule has 0 radical (unpaired) electrons. The second-order valence-corrected chi connectivity index (χ2v) is 7.00. The SMILES string of the molecule is O=C(CCC1Cc2ccccc2NC1=O)NCCCOCC1CCCO1. The minimum Gasteiger partial charge on any atom is -0.379 e. The summed E-state index contributed by atoms with van der Waals surface area (Å²) in [4.78, 5) is 24.1. The number of amides is 2. The van der Waals surface area contributed by atoms with Crippen LogP contribution in [0.1, 0.15) is 37.7 Å². The Morgan fingerprint density at radius 1 is 1.35 bits per heavy atom. The van der Waals surface area contributed by atoms with E-state index in [0.29, 0.717) is 39.0 Å². The molecule has 2 heterocycles. The first-order valence-electron chi connectivity index (χ1n) is 9.57. The Labute approximate surface area is 154 Å². The van der Waals surface area contributed by atoms with Crippen molar-refractivity contribution in [3.05, 3.63) is 29.8 Å². The van der Waals surface area contributed by atoms with Gasteiger partial charge in [0.05, 0.1) is 12.7 Å². The van der Waals surface area contributed by atoms with Crippen LogP contribution in [0.5, 0.6) is 0 Å². The lowest BCUT2D eigenvalue weighted by molar-refractivity contribution is -0.122. The molecular formula is C20H28N2O4. The van der Waals surface area contributed by atoms with E-state index in [0.717, 1.165) is 37.1 Å². The third-order valence-corrected chi connectivity index (χ3v) is 4.95. The zero-order valence-electron chi connectivity index (χ0n) is 15.2. The van der Waals surface area contributed by atoms with Gasteiger partial charge in [-0.2, -0.15) is 0 Å². The summed E-state index contributed by atoms with van der Waals surface area (Å²) < 4.78 is 11.1. The van der Waals surface area contributed by atoms with Gasteiger partial charge in [0.15, 0.2) is 0 Å². The number of hydrogen-bond donors (Lipinski definition) is 2. The Hall–Kier alpha value is -1.92. The molecule has 0 bridgehead atoms. The lowest BCUT2D eigenvalue weighted by Crippen LogP contribution is -2.32. The Morgan fingerprint density at radius 3 is 3.08 bits per heavy atom. The number of carbonyl (C=O) groups is 2. The van der Waals surface area contributed by atoms with Gasteiger partial charge in [0, 0.05) is 37.8 Å². The highest BCUT2D eigenvalue weighted by Gasteiger charge is 2.26. The van der Waals surface area contributed by atoms with Gasteiger partial charge in [0.2, 0.25) is 11.8 Å². The first kappa shape index (κ1) is 18.9. The van der Waals surface area contributed by atoms with E-state index in [1.54, 1.807) is 0 Å². The van der Waals surface area contributed by atoms with Crippen LogP contribution in [0.25, 0.3) is 0 Å². The molecule has 0 saturated carbocycles. The first-order valence-corrected chi connectivity index (χ1v) is 9.57. The van der Waals surface area contributed by atoms with Gasteiger partial charge in [0.25, 0.3) is 0 Å². The molecule has 1 aromatic carbocycles. The molecule has 6 heteroatoms. The fraction of sp³-hybridized carbons (Fsp3) is 0.600. The molecule has 142 valence electrons. The van der Waals surface area contributed by atoms with E-state index in [9.17, 15) is 9.59 Å². The van der Waals surface area contributed by atoms with Gasteiger partial charge in [-0.3, -0.25) is 9.59 Å². The average molecular weight is 360 g/mol. The summed E-state index contributed by atoms with van der Waals surface area (Å²) in [6.45, 7) is 2.72. The van der Waals surface area contributed by atoms with Crippen molar-refractivity contribution in [3.63, 3.8) is 0 Å². The molecule has 2 aliphatic heterocycles. The number of hydrogen-bond acceptors (Lipinski definition) is 4. The Kier molecular flexibility index (Phi) is 7.03. The summed E-state index contributed by atoms with van der Waals surface area (Å²) in [5.74, 6) is -0.125. The average Bonchev–Trinajstić information content (AvgIpc) is 3.16. The molecule has 0 aliphatic carbocycles. The van der Waals surface area contributed by atoms with Gasteiger partial charge in [-0.25, -0.2) is 0 Å². The van der Waals surface area contributed by atoms with Gasteiger partial charge in [-0.15, -0.1) is 0 Å². The minimum absolute atomic E-state index is 0.00390. The molecule has 6 nitrogen and oxygen atoms in total. The van der Waals surface area contributed by atoms with E-state index in [2.05, 4.69) is 10.6 Å². The Balaban J connectivity index is 1.26. The number of carbonyl (C=O) groups excluding carboxylic acids is 2. The maximum atomic E-state index is 12.1. The smallest absolute Gasteiger partial charge is 0.227 e. The summed E-state index contributed by atoms with van der Waals surface area (Å²) in [6, 6.07) is 7.83.